The average Bonchev–Trinajstić information content (AvgIpc) is 2.35. The molecule has 0 rings (SSSR count). The molecule has 0 heterocycles. The Morgan fingerprint density at radius 1 is 1.00 bits per heavy atom. The fourth-order valence-electron chi connectivity index (χ4n) is 2.00. The number of hydroxylamine groups is 1. The van der Waals surface area contributed by atoms with E-state index in [1.54, 1.807) is 0 Å². The lowest BCUT2D eigenvalue weighted by atomic mass is 9.95. The van der Waals surface area contributed by atoms with Crippen molar-refractivity contribution in [2.75, 3.05) is 0 Å². The zero-order valence-corrected chi connectivity index (χ0v) is 13.1. The molecule has 0 bridgehead atoms. The summed E-state index contributed by atoms with van der Waals surface area (Å²) in [5, 5.41) is 0. The fourth-order valence-corrected chi connectivity index (χ4v) is 2.00. The Bertz CT molecular complexity index is 354. The van der Waals surface area contributed by atoms with Gasteiger partial charge in [0.1, 0.15) is 6.42 Å². The largest absolute Gasteiger partial charge is 0.321 e. The van der Waals surface area contributed by atoms with E-state index in [2.05, 4.69) is 5.92 Å². The first-order chi connectivity index (χ1) is 8.95. The summed E-state index contributed by atoms with van der Waals surface area (Å²) in [6.07, 6.45) is 7.23. The van der Waals surface area contributed by atoms with E-state index in [4.69, 9.17) is 40.5 Å². The van der Waals surface area contributed by atoms with Gasteiger partial charge in [-0.2, -0.15) is 0 Å². The number of hydrogen-bond donors (Lipinski definition) is 5. The maximum absolute atomic E-state index is 6.15. The van der Waals surface area contributed by atoms with Gasteiger partial charge in [-0.05, 0) is 11.8 Å². The van der Waals surface area contributed by atoms with Gasteiger partial charge in [0, 0.05) is 19.3 Å². The van der Waals surface area contributed by atoms with Crippen LogP contribution in [0.5, 0.6) is 0 Å². The third kappa shape index (κ3) is 3.46. The third-order valence-electron chi connectivity index (χ3n) is 4.32. The zero-order chi connectivity index (χ0) is 16.2. The maximum Gasteiger partial charge on any atom is 0.321 e. The second kappa shape index (κ2) is 6.34. The Balaban J connectivity index is 5.64. The second-order valence-electron chi connectivity index (χ2n) is 5.52. The van der Waals surface area contributed by atoms with Crippen molar-refractivity contribution in [2.45, 2.75) is 64.6 Å². The minimum absolute atomic E-state index is 0.0882. The molecule has 20 heavy (non-hydrogen) atoms. The van der Waals surface area contributed by atoms with E-state index in [0.29, 0.717) is 19.3 Å². The van der Waals surface area contributed by atoms with E-state index >= 15 is 0 Å². The van der Waals surface area contributed by atoms with Crippen LogP contribution in [0.15, 0.2) is 0 Å². The van der Waals surface area contributed by atoms with Crippen LogP contribution in [0.3, 0.4) is 0 Å². The number of terminal acetylenes is 1. The van der Waals surface area contributed by atoms with Gasteiger partial charge in [0.05, 0.1) is 0 Å². The molecule has 1 atom stereocenters. The van der Waals surface area contributed by atoms with E-state index in [1.807, 2.05) is 27.7 Å². The number of nitrogens with zero attached hydrogens (tertiary/aromatic N) is 2. The molecule has 0 aliphatic rings. The summed E-state index contributed by atoms with van der Waals surface area (Å²) in [7, 11) is 0. The van der Waals surface area contributed by atoms with Crippen molar-refractivity contribution in [1.82, 2.24) is 0 Å². The molecule has 0 aliphatic heterocycles. The molecular weight excluding hydrogens is 258 g/mol. The Morgan fingerprint density at radius 3 is 1.70 bits per heavy atom. The molecule has 0 fully saturated rings. The van der Waals surface area contributed by atoms with Crippen LogP contribution < -0.4 is 29.2 Å². The van der Waals surface area contributed by atoms with Crippen molar-refractivity contribution >= 4 is 0 Å². The highest BCUT2D eigenvalue weighted by atomic mass is 16.8. The highest BCUT2D eigenvalue weighted by Gasteiger charge is 2.57. The van der Waals surface area contributed by atoms with Gasteiger partial charge in [-0.1, -0.05) is 36.3 Å². The number of rotatable bonds is 8. The van der Waals surface area contributed by atoms with E-state index < -0.39 is 20.9 Å². The van der Waals surface area contributed by atoms with Crippen LogP contribution in [-0.2, 0) is 4.84 Å². The molecule has 0 aromatic heterocycles. The lowest BCUT2D eigenvalue weighted by molar-refractivity contribution is -1.21. The lowest BCUT2D eigenvalue weighted by Crippen LogP contribution is -2.84. The van der Waals surface area contributed by atoms with Crippen molar-refractivity contribution < 1.29 is 14.5 Å². The quantitative estimate of drug-likeness (QED) is 0.136. The number of nitrogens with two attached hydrogens (primary N) is 5. The molecule has 0 aromatic rings. The van der Waals surface area contributed by atoms with E-state index in [0.717, 1.165) is 0 Å². The van der Waals surface area contributed by atoms with E-state index in [1.165, 1.54) is 0 Å². The molecule has 10 N–H and O–H groups in total. The molecule has 1 unspecified atom stereocenters. The van der Waals surface area contributed by atoms with Crippen molar-refractivity contribution in [3.63, 3.8) is 0 Å². The minimum atomic E-state index is -1.27. The first kappa shape index (κ1) is 19.2. The first-order valence-corrected chi connectivity index (χ1v) is 6.80. The smallest absolute Gasteiger partial charge is 0.139 e. The summed E-state index contributed by atoms with van der Waals surface area (Å²) in [5.41, 5.74) is -1.80. The van der Waals surface area contributed by atoms with Crippen molar-refractivity contribution in [2.24, 2.45) is 29.2 Å². The summed E-state index contributed by atoms with van der Waals surface area (Å²) < 4.78 is 0. The fraction of sp³-hybridized carbons (Fsp3) is 0.833. The summed E-state index contributed by atoms with van der Waals surface area (Å²) in [4.78, 5) is 4.21. The Labute approximate surface area is 121 Å². The molecule has 0 amide bonds. The van der Waals surface area contributed by atoms with Crippen molar-refractivity contribution in [1.29, 1.82) is 0 Å². The topological polar surface area (TPSA) is 139 Å². The summed E-state index contributed by atoms with van der Waals surface area (Å²) >= 11 is 0. The maximum atomic E-state index is 6.15. The van der Waals surface area contributed by atoms with Gasteiger partial charge >= 0.3 is 5.72 Å². The number of hydrogen-bond acceptors (Lipinski definition) is 6. The summed E-state index contributed by atoms with van der Waals surface area (Å²) in [6, 6.07) is 0. The molecule has 0 saturated carbocycles. The van der Waals surface area contributed by atoms with Crippen LogP contribution in [0.2, 0.25) is 0 Å². The average molecular weight is 289 g/mol. The van der Waals surface area contributed by atoms with Crippen LogP contribution in [0.4, 0.5) is 0 Å². The van der Waals surface area contributed by atoms with Crippen LogP contribution in [0, 0.1) is 12.3 Å². The van der Waals surface area contributed by atoms with Crippen LogP contribution in [0.1, 0.15) is 53.4 Å². The molecular formula is C12H31N7O+2. The van der Waals surface area contributed by atoms with Crippen LogP contribution >= 0.6 is 0 Å². The summed E-state index contributed by atoms with van der Waals surface area (Å²) in [6.45, 7) is 7.68. The molecule has 8 heteroatoms. The summed E-state index contributed by atoms with van der Waals surface area (Å²) in [5.74, 6) is 32.2. The first-order valence-electron chi connectivity index (χ1n) is 6.80. The predicted molar refractivity (Wildman–Crippen MR) is 78.0 cm³/mol. The van der Waals surface area contributed by atoms with Gasteiger partial charge < -0.3 is 0 Å². The molecule has 8 nitrogen and oxygen atoms in total. The van der Waals surface area contributed by atoms with E-state index in [9.17, 15) is 0 Å². The Morgan fingerprint density at radius 2 is 1.45 bits per heavy atom. The predicted octanol–water partition coefficient (Wildman–Crippen LogP) is -0.372. The SMILES string of the molecule is C#CCC(CC)(O[N+](N)(N)C(C)(CC)CC)[N+](N)(N)N. The second-order valence-corrected chi connectivity index (χ2v) is 5.52. The van der Waals surface area contributed by atoms with Crippen molar-refractivity contribution in [3.8, 4) is 12.3 Å². The van der Waals surface area contributed by atoms with Gasteiger partial charge in [0.25, 0.3) is 0 Å². The molecule has 0 saturated heterocycles. The van der Waals surface area contributed by atoms with Gasteiger partial charge in [0.15, 0.2) is 5.54 Å². The normalized spacial score (nSPS) is 16.6. The molecule has 0 aliphatic carbocycles. The van der Waals surface area contributed by atoms with Crippen molar-refractivity contribution in [3.05, 3.63) is 0 Å². The van der Waals surface area contributed by atoms with Crippen LogP contribution in [0.25, 0.3) is 0 Å². The van der Waals surface area contributed by atoms with Gasteiger partial charge in [-0.3, -0.25) is 0 Å². The lowest BCUT2D eigenvalue weighted by Gasteiger charge is -2.46. The highest BCUT2D eigenvalue weighted by molar-refractivity contribution is 4.90. The van der Waals surface area contributed by atoms with Gasteiger partial charge in [-0.25, -0.2) is 0 Å². The third-order valence-corrected chi connectivity index (χ3v) is 4.32. The number of quaternary nitrogens is 2. The monoisotopic (exact) mass is 289 g/mol. The van der Waals surface area contributed by atoms with Crippen LogP contribution in [-0.4, -0.2) is 20.9 Å². The Hall–Kier alpha value is -0.760. The highest BCUT2D eigenvalue weighted by Crippen LogP contribution is 2.32. The van der Waals surface area contributed by atoms with E-state index in [-0.39, 0.29) is 6.42 Å². The van der Waals surface area contributed by atoms with Gasteiger partial charge in [-0.15, -0.1) is 35.6 Å². The molecule has 0 radical (unpaired) electrons. The van der Waals surface area contributed by atoms with Gasteiger partial charge in [0.2, 0.25) is 0 Å². The Kier molecular flexibility index (Phi) is 6.10. The molecule has 0 aromatic carbocycles. The minimum Gasteiger partial charge on any atom is -0.139 e. The zero-order valence-electron chi connectivity index (χ0n) is 13.1. The molecule has 0 spiro atoms. The molecule has 118 valence electrons. The standard InChI is InChI=1S/C12H31N7O/c1-6-10-12(9-4,18(13,14)15)20-19(16,17)11(5,7-2)8-3/h1H,7-10,13-17H2,2-5H3/q+2.